The van der Waals surface area contributed by atoms with E-state index >= 15 is 0 Å². The Morgan fingerprint density at radius 1 is 1.33 bits per heavy atom. The summed E-state index contributed by atoms with van der Waals surface area (Å²) in [6, 6.07) is 0. The van der Waals surface area contributed by atoms with E-state index in [0.29, 0.717) is 0 Å². The van der Waals surface area contributed by atoms with Gasteiger partial charge >= 0.3 is 0 Å². The first-order chi connectivity index (χ1) is 7.27. The molecule has 0 saturated heterocycles. The highest BCUT2D eigenvalue weighted by Gasteiger charge is 1.97. The summed E-state index contributed by atoms with van der Waals surface area (Å²) < 4.78 is 1.84. The fourth-order valence-electron chi connectivity index (χ4n) is 0.903. The molecule has 0 spiro atoms. The maximum atomic E-state index is 4.20. The number of hydrogen-bond acceptors (Lipinski definition) is 2. The normalized spacial score (nSPS) is 8.67. The van der Waals surface area contributed by atoms with E-state index in [2.05, 4.69) is 16.6 Å². The molecule has 3 heteroatoms. The van der Waals surface area contributed by atoms with Crippen LogP contribution in [0.25, 0.3) is 6.08 Å². The lowest BCUT2D eigenvalue weighted by Crippen LogP contribution is -1.95. The minimum atomic E-state index is 0.827. The Balaban J connectivity index is 0. The molecule has 1 aromatic rings. The summed E-state index contributed by atoms with van der Waals surface area (Å²) >= 11 is 0. The highest BCUT2D eigenvalue weighted by molar-refractivity contribution is 5.62. The van der Waals surface area contributed by atoms with Crippen molar-refractivity contribution in [3.8, 4) is 0 Å². The molecule has 15 heavy (non-hydrogen) atoms. The lowest BCUT2D eigenvalue weighted by Gasteiger charge is -1.91. The molecule has 0 saturated carbocycles. The maximum absolute atomic E-state index is 4.20. The first-order valence-corrected chi connectivity index (χ1v) is 5.38. The molecule has 0 atom stereocenters. The van der Waals surface area contributed by atoms with Gasteiger partial charge in [-0.15, -0.1) is 0 Å². The van der Waals surface area contributed by atoms with Crippen LogP contribution in [0.15, 0.2) is 17.8 Å². The van der Waals surface area contributed by atoms with Crippen LogP contribution in [0.3, 0.4) is 0 Å². The van der Waals surface area contributed by atoms with E-state index in [1.165, 1.54) is 0 Å². The van der Waals surface area contributed by atoms with E-state index in [1.54, 1.807) is 19.5 Å². The SMILES string of the molecule is C=Cc1nc(C)cn1C=NC.CC.CC. The average Bonchev–Trinajstić information content (AvgIpc) is 2.65. The van der Waals surface area contributed by atoms with E-state index in [4.69, 9.17) is 0 Å². The van der Waals surface area contributed by atoms with Gasteiger partial charge < -0.3 is 0 Å². The second-order valence-corrected chi connectivity index (χ2v) is 2.23. The molecule has 0 bridgehead atoms. The van der Waals surface area contributed by atoms with Gasteiger partial charge in [-0.05, 0) is 13.0 Å². The number of rotatable bonds is 2. The van der Waals surface area contributed by atoms with Crippen molar-refractivity contribution < 1.29 is 0 Å². The molecular formula is C12H23N3. The van der Waals surface area contributed by atoms with Gasteiger partial charge in [0.25, 0.3) is 0 Å². The molecule has 0 aliphatic carbocycles. The van der Waals surface area contributed by atoms with Gasteiger partial charge in [0.15, 0.2) is 0 Å². The molecule has 0 fully saturated rings. The summed E-state index contributed by atoms with van der Waals surface area (Å²) in [5.41, 5.74) is 0.972. The van der Waals surface area contributed by atoms with Crippen LogP contribution >= 0.6 is 0 Å². The second-order valence-electron chi connectivity index (χ2n) is 2.23. The number of imidazole rings is 1. The Kier molecular flexibility index (Phi) is 11.5. The largest absolute Gasteiger partial charge is 0.291 e. The van der Waals surface area contributed by atoms with Gasteiger partial charge in [0, 0.05) is 13.2 Å². The fourth-order valence-corrected chi connectivity index (χ4v) is 0.903. The molecule has 1 rings (SSSR count). The highest BCUT2D eigenvalue weighted by atomic mass is 15.1. The smallest absolute Gasteiger partial charge is 0.137 e. The van der Waals surface area contributed by atoms with Gasteiger partial charge in [-0.2, -0.15) is 0 Å². The third-order valence-electron chi connectivity index (χ3n) is 1.30. The third kappa shape index (κ3) is 5.83. The molecule has 0 N–H and O–H groups in total. The van der Waals surface area contributed by atoms with Crippen molar-refractivity contribution in [1.29, 1.82) is 0 Å². The standard InChI is InChI=1S/C8H11N3.2C2H6/c1-4-8-10-7(2)5-11(8)6-9-3;2*1-2/h4-6H,1H2,2-3H3;2*1-2H3. The molecule has 0 radical (unpaired) electrons. The van der Waals surface area contributed by atoms with Gasteiger partial charge in [0.2, 0.25) is 0 Å². The topological polar surface area (TPSA) is 30.2 Å². The third-order valence-corrected chi connectivity index (χ3v) is 1.30. The Bertz CT molecular complexity index is 285. The minimum absolute atomic E-state index is 0.827. The lowest BCUT2D eigenvalue weighted by atomic mass is 10.6. The van der Waals surface area contributed by atoms with Crippen LogP contribution in [0.1, 0.15) is 39.2 Å². The van der Waals surface area contributed by atoms with Crippen molar-refractivity contribution >= 4 is 12.4 Å². The van der Waals surface area contributed by atoms with E-state index in [-0.39, 0.29) is 0 Å². The molecule has 3 nitrogen and oxygen atoms in total. The summed E-state index contributed by atoms with van der Waals surface area (Å²) in [5.74, 6) is 0.827. The van der Waals surface area contributed by atoms with Crippen molar-refractivity contribution in [2.45, 2.75) is 34.6 Å². The summed E-state index contributed by atoms with van der Waals surface area (Å²) in [5, 5.41) is 0. The molecule has 1 aromatic heterocycles. The summed E-state index contributed by atoms with van der Waals surface area (Å²) in [4.78, 5) is 8.08. The van der Waals surface area contributed by atoms with Crippen molar-refractivity contribution in [1.82, 2.24) is 9.55 Å². The molecule has 0 aromatic carbocycles. The summed E-state index contributed by atoms with van der Waals surface area (Å²) in [7, 11) is 1.72. The van der Waals surface area contributed by atoms with Crippen molar-refractivity contribution in [2.24, 2.45) is 4.99 Å². The fraction of sp³-hybridized carbons (Fsp3) is 0.500. The highest BCUT2D eigenvalue weighted by Crippen LogP contribution is 2.00. The number of nitrogens with zero attached hydrogens (tertiary/aromatic N) is 3. The van der Waals surface area contributed by atoms with Gasteiger partial charge in [0.1, 0.15) is 5.82 Å². The predicted octanol–water partition coefficient (Wildman–Crippen LogP) is 3.39. The number of hydrogen-bond donors (Lipinski definition) is 0. The van der Waals surface area contributed by atoms with Gasteiger partial charge in [-0.3, -0.25) is 9.56 Å². The van der Waals surface area contributed by atoms with Crippen molar-refractivity contribution in [2.75, 3.05) is 7.05 Å². The summed E-state index contributed by atoms with van der Waals surface area (Å²) in [6.45, 7) is 13.6. The van der Waals surface area contributed by atoms with Gasteiger partial charge in [0.05, 0.1) is 12.0 Å². The molecular weight excluding hydrogens is 186 g/mol. The predicted molar refractivity (Wildman–Crippen MR) is 69.6 cm³/mol. The quantitative estimate of drug-likeness (QED) is 0.542. The van der Waals surface area contributed by atoms with Crippen LogP contribution in [0.5, 0.6) is 0 Å². The Labute approximate surface area is 93.6 Å². The Hall–Kier alpha value is -1.38. The second kappa shape index (κ2) is 10.7. The van der Waals surface area contributed by atoms with Crippen LogP contribution in [-0.4, -0.2) is 22.9 Å². The van der Waals surface area contributed by atoms with E-state index in [0.717, 1.165) is 11.5 Å². The first kappa shape index (κ1) is 16.1. The first-order valence-electron chi connectivity index (χ1n) is 5.38. The van der Waals surface area contributed by atoms with E-state index < -0.39 is 0 Å². The summed E-state index contributed by atoms with van der Waals surface area (Å²) in [6.07, 6.45) is 5.32. The van der Waals surface area contributed by atoms with Crippen LogP contribution < -0.4 is 0 Å². The van der Waals surface area contributed by atoms with E-state index in [1.807, 2.05) is 45.4 Å². The zero-order valence-corrected chi connectivity index (χ0v) is 10.8. The molecule has 0 amide bonds. The monoisotopic (exact) mass is 209 g/mol. The molecule has 1 heterocycles. The van der Waals surface area contributed by atoms with Crippen molar-refractivity contribution in [3.05, 3.63) is 24.3 Å². The van der Waals surface area contributed by atoms with Crippen LogP contribution in [0.4, 0.5) is 0 Å². The Morgan fingerprint density at radius 3 is 2.27 bits per heavy atom. The van der Waals surface area contributed by atoms with Gasteiger partial charge in [-0.25, -0.2) is 4.98 Å². The van der Waals surface area contributed by atoms with E-state index in [9.17, 15) is 0 Å². The van der Waals surface area contributed by atoms with Crippen LogP contribution in [0.2, 0.25) is 0 Å². The zero-order valence-electron chi connectivity index (χ0n) is 10.8. The molecule has 86 valence electrons. The molecule has 0 aliphatic heterocycles. The van der Waals surface area contributed by atoms with Crippen molar-refractivity contribution in [3.63, 3.8) is 0 Å². The van der Waals surface area contributed by atoms with Gasteiger partial charge in [-0.1, -0.05) is 34.3 Å². The number of aromatic nitrogens is 2. The minimum Gasteiger partial charge on any atom is -0.291 e. The number of aryl methyl sites for hydroxylation is 1. The lowest BCUT2D eigenvalue weighted by molar-refractivity contribution is 1.12. The van der Waals surface area contributed by atoms with Crippen LogP contribution in [-0.2, 0) is 0 Å². The molecule has 0 aliphatic rings. The number of aliphatic imine (C=N–C) groups is 1. The zero-order chi connectivity index (χ0) is 12.3. The molecule has 0 unspecified atom stereocenters. The van der Waals surface area contributed by atoms with Crippen LogP contribution in [0, 0.1) is 6.92 Å². The maximum Gasteiger partial charge on any atom is 0.137 e. The average molecular weight is 209 g/mol. The Morgan fingerprint density at radius 2 is 1.87 bits per heavy atom.